The summed E-state index contributed by atoms with van der Waals surface area (Å²) in [4.78, 5) is 8.09. The van der Waals surface area contributed by atoms with Crippen LogP contribution in [-0.2, 0) is 0 Å². The average molecular weight is 172 g/mol. The Hall–Kier alpha value is -1.70. The lowest BCUT2D eigenvalue weighted by Gasteiger charge is -1.98. The van der Waals surface area contributed by atoms with E-state index in [1.54, 1.807) is 12.4 Å². The van der Waals surface area contributed by atoms with E-state index in [0.717, 1.165) is 11.3 Å². The fraction of sp³-hybridized carbons (Fsp3) is 0.0909. The fourth-order valence-electron chi connectivity index (χ4n) is 0.993. The van der Waals surface area contributed by atoms with Crippen molar-refractivity contribution in [2.45, 2.75) is 6.92 Å². The molecular formula is C11H12N2. The molecule has 1 aromatic rings. The van der Waals surface area contributed by atoms with Crippen LogP contribution >= 0.6 is 0 Å². The zero-order valence-corrected chi connectivity index (χ0v) is 7.64. The third-order valence-corrected chi connectivity index (χ3v) is 1.53. The summed E-state index contributed by atoms with van der Waals surface area (Å²) in [5.74, 6) is 0. The third kappa shape index (κ3) is 2.67. The number of nitrogens with zero attached hydrogens (tertiary/aromatic N) is 2. The van der Waals surface area contributed by atoms with Crippen molar-refractivity contribution in [2.75, 3.05) is 0 Å². The van der Waals surface area contributed by atoms with Crippen molar-refractivity contribution in [1.82, 2.24) is 4.98 Å². The van der Waals surface area contributed by atoms with Gasteiger partial charge in [-0.05, 0) is 25.1 Å². The molecule has 1 aromatic heterocycles. The van der Waals surface area contributed by atoms with Gasteiger partial charge in [-0.25, -0.2) is 0 Å². The van der Waals surface area contributed by atoms with Gasteiger partial charge < -0.3 is 0 Å². The maximum Gasteiger partial charge on any atom is 0.0699 e. The Morgan fingerprint density at radius 1 is 1.46 bits per heavy atom. The van der Waals surface area contributed by atoms with E-state index in [1.165, 1.54) is 6.20 Å². The van der Waals surface area contributed by atoms with Gasteiger partial charge in [-0.2, -0.15) is 0 Å². The second-order valence-electron chi connectivity index (χ2n) is 2.43. The largest absolute Gasteiger partial charge is 0.265 e. The molecule has 1 heterocycles. The highest BCUT2D eigenvalue weighted by Crippen LogP contribution is 2.01. The number of allylic oxidation sites excluding steroid dienone is 2. The Morgan fingerprint density at radius 3 is 2.69 bits per heavy atom. The first-order valence-electron chi connectivity index (χ1n) is 4.10. The monoisotopic (exact) mass is 172 g/mol. The highest BCUT2D eigenvalue weighted by Gasteiger charge is 1.95. The van der Waals surface area contributed by atoms with E-state index < -0.39 is 0 Å². The van der Waals surface area contributed by atoms with Gasteiger partial charge in [0.1, 0.15) is 0 Å². The number of rotatable bonds is 3. The average Bonchev–Trinajstić information content (AvgIpc) is 2.19. The van der Waals surface area contributed by atoms with Crippen LogP contribution in [0.3, 0.4) is 0 Å². The summed E-state index contributed by atoms with van der Waals surface area (Å²) in [7, 11) is 0. The van der Waals surface area contributed by atoms with Crippen LogP contribution < -0.4 is 0 Å². The standard InChI is InChI=1S/C11H12N2/c1-3-5-11(13-4-2)10-6-8-12-9-7-10/h3-9H,2H2,1H3/b5-3-,13-11+. The van der Waals surface area contributed by atoms with Gasteiger partial charge in [0, 0.05) is 24.2 Å². The van der Waals surface area contributed by atoms with Gasteiger partial charge >= 0.3 is 0 Å². The van der Waals surface area contributed by atoms with Crippen molar-refractivity contribution >= 4 is 5.71 Å². The molecule has 0 atom stereocenters. The van der Waals surface area contributed by atoms with Crippen LogP contribution in [0.15, 0.2) is 54.4 Å². The zero-order valence-electron chi connectivity index (χ0n) is 7.64. The van der Waals surface area contributed by atoms with E-state index in [0.29, 0.717) is 0 Å². The second-order valence-corrected chi connectivity index (χ2v) is 2.43. The lowest BCUT2D eigenvalue weighted by molar-refractivity contribution is 1.32. The van der Waals surface area contributed by atoms with Crippen molar-refractivity contribution < 1.29 is 0 Å². The molecule has 0 spiro atoms. The molecule has 0 aliphatic rings. The van der Waals surface area contributed by atoms with Crippen molar-refractivity contribution in [1.29, 1.82) is 0 Å². The zero-order chi connectivity index (χ0) is 9.52. The van der Waals surface area contributed by atoms with E-state index in [9.17, 15) is 0 Å². The summed E-state index contributed by atoms with van der Waals surface area (Å²) in [5, 5.41) is 0. The molecule has 0 unspecified atom stereocenters. The van der Waals surface area contributed by atoms with Crippen LogP contribution in [-0.4, -0.2) is 10.7 Å². The van der Waals surface area contributed by atoms with E-state index >= 15 is 0 Å². The molecule has 0 saturated heterocycles. The van der Waals surface area contributed by atoms with Gasteiger partial charge in [0.15, 0.2) is 0 Å². The van der Waals surface area contributed by atoms with Gasteiger partial charge in [-0.1, -0.05) is 12.7 Å². The lowest BCUT2D eigenvalue weighted by Crippen LogP contribution is -1.95. The Kier molecular flexibility index (Phi) is 3.64. The second kappa shape index (κ2) is 5.04. The highest BCUT2D eigenvalue weighted by atomic mass is 14.7. The fourth-order valence-corrected chi connectivity index (χ4v) is 0.993. The van der Waals surface area contributed by atoms with Crippen LogP contribution in [0.5, 0.6) is 0 Å². The number of aliphatic imine (C=N–C) groups is 1. The number of hydrogen-bond donors (Lipinski definition) is 0. The highest BCUT2D eigenvalue weighted by molar-refractivity contribution is 6.08. The molecule has 2 heteroatoms. The number of hydrogen-bond acceptors (Lipinski definition) is 2. The first-order valence-corrected chi connectivity index (χ1v) is 4.10. The molecular weight excluding hydrogens is 160 g/mol. The van der Waals surface area contributed by atoms with E-state index in [4.69, 9.17) is 0 Å². The normalized spacial score (nSPS) is 11.9. The van der Waals surface area contributed by atoms with Crippen molar-refractivity contribution in [3.63, 3.8) is 0 Å². The van der Waals surface area contributed by atoms with Crippen LogP contribution in [0.2, 0.25) is 0 Å². The smallest absolute Gasteiger partial charge is 0.0699 e. The molecule has 66 valence electrons. The summed E-state index contributed by atoms with van der Waals surface area (Å²) < 4.78 is 0. The summed E-state index contributed by atoms with van der Waals surface area (Å²) in [5.41, 5.74) is 1.95. The van der Waals surface area contributed by atoms with Crippen LogP contribution in [0.25, 0.3) is 0 Å². The lowest BCUT2D eigenvalue weighted by atomic mass is 10.1. The Labute approximate surface area is 78.4 Å². The summed E-state index contributed by atoms with van der Waals surface area (Å²) in [6, 6.07) is 3.84. The molecule has 0 aromatic carbocycles. The predicted octanol–water partition coefficient (Wildman–Crippen LogP) is 2.59. The van der Waals surface area contributed by atoms with Crippen LogP contribution in [0.4, 0.5) is 0 Å². The topological polar surface area (TPSA) is 25.2 Å². The molecule has 0 saturated carbocycles. The summed E-state index contributed by atoms with van der Waals surface area (Å²) >= 11 is 0. The molecule has 1 rings (SSSR count). The summed E-state index contributed by atoms with van der Waals surface area (Å²) in [6.45, 7) is 5.53. The minimum Gasteiger partial charge on any atom is -0.265 e. The van der Waals surface area contributed by atoms with Gasteiger partial charge in [-0.15, -0.1) is 0 Å². The first-order chi connectivity index (χ1) is 6.38. The molecule has 0 bridgehead atoms. The number of pyridine rings is 1. The van der Waals surface area contributed by atoms with Crippen LogP contribution in [0.1, 0.15) is 12.5 Å². The molecule has 2 nitrogen and oxygen atoms in total. The van der Waals surface area contributed by atoms with Crippen molar-refractivity contribution in [3.8, 4) is 0 Å². The van der Waals surface area contributed by atoms with Gasteiger partial charge in [0.2, 0.25) is 0 Å². The Balaban J connectivity index is 3.03. The predicted molar refractivity (Wildman–Crippen MR) is 55.8 cm³/mol. The quantitative estimate of drug-likeness (QED) is 0.643. The molecule has 0 N–H and O–H groups in total. The molecule has 0 aliphatic heterocycles. The Morgan fingerprint density at radius 2 is 2.15 bits per heavy atom. The SMILES string of the molecule is C=C/N=C(\C=C/C)c1ccncc1. The minimum absolute atomic E-state index is 0.903. The Bertz CT molecular complexity index is 323. The number of aromatic nitrogens is 1. The molecule has 13 heavy (non-hydrogen) atoms. The van der Waals surface area contributed by atoms with Gasteiger partial charge in [-0.3, -0.25) is 9.98 Å². The van der Waals surface area contributed by atoms with Gasteiger partial charge in [0.25, 0.3) is 0 Å². The van der Waals surface area contributed by atoms with Crippen LogP contribution in [0, 0.1) is 0 Å². The molecule has 0 amide bonds. The van der Waals surface area contributed by atoms with Gasteiger partial charge in [0.05, 0.1) is 5.71 Å². The van der Waals surface area contributed by atoms with E-state index in [1.807, 2.05) is 31.2 Å². The first kappa shape index (κ1) is 9.39. The van der Waals surface area contributed by atoms with E-state index in [-0.39, 0.29) is 0 Å². The maximum absolute atomic E-state index is 4.15. The van der Waals surface area contributed by atoms with E-state index in [2.05, 4.69) is 16.6 Å². The third-order valence-electron chi connectivity index (χ3n) is 1.53. The molecule has 0 fully saturated rings. The van der Waals surface area contributed by atoms with Crippen molar-refractivity contribution in [3.05, 3.63) is 55.0 Å². The maximum atomic E-state index is 4.15. The molecule has 0 aliphatic carbocycles. The molecule has 0 radical (unpaired) electrons. The minimum atomic E-state index is 0.903. The van der Waals surface area contributed by atoms with Crippen molar-refractivity contribution in [2.24, 2.45) is 4.99 Å². The summed E-state index contributed by atoms with van der Waals surface area (Å²) in [6.07, 6.45) is 8.92.